The van der Waals surface area contributed by atoms with Gasteiger partial charge in [0.15, 0.2) is 0 Å². The van der Waals surface area contributed by atoms with Crippen molar-refractivity contribution in [3.63, 3.8) is 0 Å². The largest absolute Gasteiger partial charge is 0.256 e. The average molecular weight is 271 g/mol. The summed E-state index contributed by atoms with van der Waals surface area (Å²) in [5.41, 5.74) is 3.15. The summed E-state index contributed by atoms with van der Waals surface area (Å²) in [7, 11) is 0. The lowest BCUT2D eigenvalue weighted by Gasteiger charge is -2.04. The Morgan fingerprint density at radius 3 is 2.30 bits per heavy atom. The Morgan fingerprint density at radius 2 is 1.65 bits per heavy atom. The molecule has 2 rings (SSSR count). The van der Waals surface area contributed by atoms with Crippen LogP contribution in [0.3, 0.4) is 0 Å². The number of aryl methyl sites for hydroxylation is 1. The number of rotatable bonds is 7. The molecule has 0 aliphatic carbocycles. The maximum absolute atomic E-state index is 12.9. The third-order valence-electron chi connectivity index (χ3n) is 3.53. The van der Waals surface area contributed by atoms with E-state index in [0.29, 0.717) is 0 Å². The first-order valence-electron chi connectivity index (χ1n) is 7.50. The number of halogens is 1. The second-order valence-corrected chi connectivity index (χ2v) is 5.22. The molecular weight excluding hydrogens is 249 g/mol. The molecule has 0 atom stereocenters. The number of hydrogen-bond acceptors (Lipinski definition) is 1. The lowest BCUT2D eigenvalue weighted by atomic mass is 10.1. The Bertz CT molecular complexity index is 502. The molecule has 0 bridgehead atoms. The Kier molecular flexibility index (Phi) is 5.72. The lowest BCUT2D eigenvalue weighted by molar-refractivity contribution is 0.628. The predicted octanol–water partition coefficient (Wildman–Crippen LogP) is 5.40. The van der Waals surface area contributed by atoms with Gasteiger partial charge in [0.25, 0.3) is 0 Å². The van der Waals surface area contributed by atoms with Crippen molar-refractivity contribution in [2.24, 2.45) is 0 Å². The van der Waals surface area contributed by atoms with Crippen LogP contribution in [-0.2, 0) is 6.42 Å². The van der Waals surface area contributed by atoms with Crippen LogP contribution in [0.15, 0.2) is 42.6 Å². The summed E-state index contributed by atoms with van der Waals surface area (Å²) in [6.07, 6.45) is 9.53. The number of benzene rings is 1. The molecular formula is C18H22FN. The minimum Gasteiger partial charge on any atom is -0.256 e. The summed E-state index contributed by atoms with van der Waals surface area (Å²) >= 11 is 0. The molecule has 106 valence electrons. The number of pyridine rings is 1. The van der Waals surface area contributed by atoms with Gasteiger partial charge in [0, 0.05) is 11.8 Å². The molecule has 2 heteroatoms. The van der Waals surface area contributed by atoms with Crippen molar-refractivity contribution in [2.75, 3.05) is 0 Å². The topological polar surface area (TPSA) is 12.9 Å². The van der Waals surface area contributed by atoms with E-state index in [2.05, 4.69) is 18.0 Å². The minimum absolute atomic E-state index is 0.211. The normalized spacial score (nSPS) is 10.7. The van der Waals surface area contributed by atoms with Crippen molar-refractivity contribution >= 4 is 0 Å². The van der Waals surface area contributed by atoms with E-state index in [1.807, 2.05) is 12.3 Å². The van der Waals surface area contributed by atoms with Crippen molar-refractivity contribution < 1.29 is 4.39 Å². The van der Waals surface area contributed by atoms with Gasteiger partial charge in [0.1, 0.15) is 5.82 Å². The van der Waals surface area contributed by atoms with Crippen LogP contribution in [-0.4, -0.2) is 4.98 Å². The number of aromatic nitrogens is 1. The third kappa shape index (κ3) is 4.44. The van der Waals surface area contributed by atoms with E-state index in [0.717, 1.165) is 17.7 Å². The van der Waals surface area contributed by atoms with E-state index in [1.54, 1.807) is 12.1 Å². The van der Waals surface area contributed by atoms with Crippen LogP contribution in [0.4, 0.5) is 4.39 Å². The highest BCUT2D eigenvalue weighted by molar-refractivity contribution is 5.58. The molecule has 0 N–H and O–H groups in total. The lowest BCUT2D eigenvalue weighted by Crippen LogP contribution is -1.90. The predicted molar refractivity (Wildman–Crippen MR) is 82.1 cm³/mol. The Balaban J connectivity index is 1.88. The van der Waals surface area contributed by atoms with Gasteiger partial charge in [-0.2, -0.15) is 0 Å². The SMILES string of the molecule is CCCCCCCc1ccc(-c2ccc(F)cc2)nc1. The maximum Gasteiger partial charge on any atom is 0.123 e. The molecule has 1 heterocycles. The zero-order valence-electron chi connectivity index (χ0n) is 12.1. The molecule has 20 heavy (non-hydrogen) atoms. The fourth-order valence-corrected chi connectivity index (χ4v) is 2.30. The molecule has 0 saturated heterocycles. The summed E-state index contributed by atoms with van der Waals surface area (Å²) in [4.78, 5) is 4.47. The van der Waals surface area contributed by atoms with E-state index in [-0.39, 0.29) is 5.82 Å². The van der Waals surface area contributed by atoms with Gasteiger partial charge in [-0.1, -0.05) is 38.7 Å². The van der Waals surface area contributed by atoms with E-state index in [9.17, 15) is 4.39 Å². The van der Waals surface area contributed by atoms with Crippen LogP contribution in [0.1, 0.15) is 44.6 Å². The molecule has 0 amide bonds. The summed E-state index contributed by atoms with van der Waals surface area (Å²) in [5, 5.41) is 0. The van der Waals surface area contributed by atoms with Gasteiger partial charge < -0.3 is 0 Å². The van der Waals surface area contributed by atoms with Gasteiger partial charge in [-0.3, -0.25) is 4.98 Å². The van der Waals surface area contributed by atoms with Crippen LogP contribution < -0.4 is 0 Å². The maximum atomic E-state index is 12.9. The monoisotopic (exact) mass is 271 g/mol. The first-order chi connectivity index (χ1) is 9.79. The van der Waals surface area contributed by atoms with Crippen molar-refractivity contribution in [1.29, 1.82) is 0 Å². The number of nitrogens with zero attached hydrogens (tertiary/aromatic N) is 1. The van der Waals surface area contributed by atoms with Crippen molar-refractivity contribution in [3.8, 4) is 11.3 Å². The second-order valence-electron chi connectivity index (χ2n) is 5.22. The summed E-state index contributed by atoms with van der Waals surface area (Å²) in [6.45, 7) is 2.23. The van der Waals surface area contributed by atoms with E-state index in [1.165, 1.54) is 49.8 Å². The molecule has 1 nitrogen and oxygen atoms in total. The molecule has 1 aromatic heterocycles. The molecule has 0 radical (unpaired) electrons. The van der Waals surface area contributed by atoms with Crippen molar-refractivity contribution in [1.82, 2.24) is 4.98 Å². The smallest absolute Gasteiger partial charge is 0.123 e. The van der Waals surface area contributed by atoms with E-state index in [4.69, 9.17) is 0 Å². The highest BCUT2D eigenvalue weighted by Crippen LogP contribution is 2.18. The Morgan fingerprint density at radius 1 is 0.900 bits per heavy atom. The van der Waals surface area contributed by atoms with E-state index >= 15 is 0 Å². The second kappa shape index (κ2) is 7.78. The van der Waals surface area contributed by atoms with Crippen LogP contribution in [0.2, 0.25) is 0 Å². The molecule has 0 spiro atoms. The minimum atomic E-state index is -0.211. The van der Waals surface area contributed by atoms with Gasteiger partial charge >= 0.3 is 0 Å². The van der Waals surface area contributed by atoms with Gasteiger partial charge in [-0.05, 0) is 48.7 Å². The van der Waals surface area contributed by atoms with Gasteiger partial charge in [0.2, 0.25) is 0 Å². The number of unbranched alkanes of at least 4 members (excludes halogenated alkanes) is 4. The summed E-state index contributed by atoms with van der Waals surface area (Å²) < 4.78 is 12.9. The molecule has 0 aliphatic heterocycles. The molecule has 0 fully saturated rings. The van der Waals surface area contributed by atoms with Crippen LogP contribution in [0.5, 0.6) is 0 Å². The van der Waals surface area contributed by atoms with Gasteiger partial charge in [-0.15, -0.1) is 0 Å². The fourth-order valence-electron chi connectivity index (χ4n) is 2.30. The standard InChI is InChI=1S/C18H22FN/c1-2-3-4-5-6-7-15-8-13-18(20-14-15)16-9-11-17(19)12-10-16/h8-14H,2-7H2,1H3. The quantitative estimate of drug-likeness (QED) is 0.614. The zero-order valence-corrected chi connectivity index (χ0v) is 12.1. The van der Waals surface area contributed by atoms with Crippen LogP contribution in [0, 0.1) is 5.82 Å². The first-order valence-corrected chi connectivity index (χ1v) is 7.50. The third-order valence-corrected chi connectivity index (χ3v) is 3.53. The molecule has 2 aromatic rings. The molecule has 1 aromatic carbocycles. The highest BCUT2D eigenvalue weighted by Gasteiger charge is 2.00. The van der Waals surface area contributed by atoms with Crippen molar-refractivity contribution in [2.45, 2.75) is 45.4 Å². The van der Waals surface area contributed by atoms with Crippen LogP contribution in [0.25, 0.3) is 11.3 Å². The van der Waals surface area contributed by atoms with Gasteiger partial charge in [0.05, 0.1) is 5.69 Å². The highest BCUT2D eigenvalue weighted by atomic mass is 19.1. The Hall–Kier alpha value is -1.70. The van der Waals surface area contributed by atoms with Crippen molar-refractivity contribution in [3.05, 3.63) is 54.0 Å². The average Bonchev–Trinajstić information content (AvgIpc) is 2.49. The zero-order chi connectivity index (χ0) is 14.2. The van der Waals surface area contributed by atoms with Gasteiger partial charge in [-0.25, -0.2) is 4.39 Å². The molecule has 0 aliphatic rings. The number of hydrogen-bond donors (Lipinski definition) is 0. The van der Waals surface area contributed by atoms with E-state index < -0.39 is 0 Å². The van der Waals surface area contributed by atoms with Crippen LogP contribution >= 0.6 is 0 Å². The summed E-state index contributed by atoms with van der Waals surface area (Å²) in [6, 6.07) is 10.6. The molecule has 0 saturated carbocycles. The summed E-state index contributed by atoms with van der Waals surface area (Å²) in [5.74, 6) is -0.211. The fraction of sp³-hybridized carbons (Fsp3) is 0.389. The molecule has 0 unspecified atom stereocenters. The first kappa shape index (κ1) is 14.7. The Labute approximate surface area is 120 Å².